The van der Waals surface area contributed by atoms with Crippen molar-refractivity contribution in [2.45, 2.75) is 19.3 Å². The van der Waals surface area contributed by atoms with Gasteiger partial charge < -0.3 is 10.0 Å². The Morgan fingerprint density at radius 3 is 2.33 bits per heavy atom. The van der Waals surface area contributed by atoms with E-state index >= 15 is 0 Å². The molecular weight excluding hydrogens is 188 g/mol. The van der Waals surface area contributed by atoms with E-state index in [0.29, 0.717) is 0 Å². The summed E-state index contributed by atoms with van der Waals surface area (Å²) < 4.78 is 0. The molecule has 0 aromatic carbocycles. The second-order valence-corrected chi connectivity index (χ2v) is 4.07. The van der Waals surface area contributed by atoms with Crippen LogP contribution in [0.25, 0.3) is 0 Å². The molecule has 1 aliphatic heterocycles. The normalized spacial score (nSPS) is 19.7. The van der Waals surface area contributed by atoms with E-state index < -0.39 is 0 Å². The monoisotopic (exact) mass is 210 g/mol. The van der Waals surface area contributed by atoms with E-state index in [-0.39, 0.29) is 6.61 Å². The van der Waals surface area contributed by atoms with Crippen LogP contribution in [0.3, 0.4) is 0 Å². The number of aliphatic hydroxyl groups is 1. The van der Waals surface area contributed by atoms with Gasteiger partial charge in [0.05, 0.1) is 6.61 Å². The average molecular weight is 210 g/mol. The second-order valence-electron chi connectivity index (χ2n) is 4.07. The van der Waals surface area contributed by atoms with Crippen LogP contribution in [-0.2, 0) is 0 Å². The standard InChI is InChI=1S/C12H22N2O/c1-2-3-4-6-13-7-5-8-14(10-9-13)11-12-15/h1,15H,3-12H2. The molecule has 0 saturated carbocycles. The lowest BCUT2D eigenvalue weighted by atomic mass is 10.3. The van der Waals surface area contributed by atoms with Crippen LogP contribution in [0.5, 0.6) is 0 Å². The minimum Gasteiger partial charge on any atom is -0.395 e. The highest BCUT2D eigenvalue weighted by molar-refractivity contribution is 4.83. The van der Waals surface area contributed by atoms with Crippen LogP contribution in [0.2, 0.25) is 0 Å². The van der Waals surface area contributed by atoms with Gasteiger partial charge in [-0.05, 0) is 32.5 Å². The highest BCUT2D eigenvalue weighted by Gasteiger charge is 2.13. The molecule has 0 amide bonds. The number of hydrogen-bond acceptors (Lipinski definition) is 3. The highest BCUT2D eigenvalue weighted by atomic mass is 16.3. The van der Waals surface area contributed by atoms with Gasteiger partial charge in [0.1, 0.15) is 0 Å². The van der Waals surface area contributed by atoms with Gasteiger partial charge in [-0.15, -0.1) is 12.3 Å². The molecule has 1 N–H and O–H groups in total. The van der Waals surface area contributed by atoms with Gasteiger partial charge in [-0.3, -0.25) is 4.90 Å². The van der Waals surface area contributed by atoms with Crippen LogP contribution < -0.4 is 0 Å². The topological polar surface area (TPSA) is 26.7 Å². The molecule has 1 fully saturated rings. The van der Waals surface area contributed by atoms with Gasteiger partial charge in [-0.25, -0.2) is 0 Å². The van der Waals surface area contributed by atoms with Crippen molar-refractivity contribution < 1.29 is 5.11 Å². The van der Waals surface area contributed by atoms with Gasteiger partial charge >= 0.3 is 0 Å². The van der Waals surface area contributed by atoms with Crippen molar-refractivity contribution >= 4 is 0 Å². The fraction of sp³-hybridized carbons (Fsp3) is 0.833. The summed E-state index contributed by atoms with van der Waals surface area (Å²) >= 11 is 0. The molecule has 0 aromatic rings. The number of rotatable bonds is 5. The molecule has 0 aliphatic carbocycles. The zero-order valence-electron chi connectivity index (χ0n) is 9.49. The fourth-order valence-corrected chi connectivity index (χ4v) is 2.02. The minimum atomic E-state index is 0.275. The molecule has 3 nitrogen and oxygen atoms in total. The van der Waals surface area contributed by atoms with Gasteiger partial charge in [0, 0.05) is 26.1 Å². The van der Waals surface area contributed by atoms with Crippen molar-refractivity contribution in [3.63, 3.8) is 0 Å². The largest absolute Gasteiger partial charge is 0.395 e. The highest BCUT2D eigenvalue weighted by Crippen LogP contribution is 2.04. The van der Waals surface area contributed by atoms with Crippen molar-refractivity contribution in [2.24, 2.45) is 0 Å². The van der Waals surface area contributed by atoms with Gasteiger partial charge in [-0.2, -0.15) is 0 Å². The molecule has 1 rings (SSSR count). The Kier molecular flexibility index (Phi) is 6.42. The smallest absolute Gasteiger partial charge is 0.0558 e. The maximum absolute atomic E-state index is 8.87. The number of terminal acetylenes is 1. The quantitative estimate of drug-likeness (QED) is 0.525. The third-order valence-electron chi connectivity index (χ3n) is 2.89. The summed E-state index contributed by atoms with van der Waals surface area (Å²) in [5, 5.41) is 8.87. The lowest BCUT2D eigenvalue weighted by Crippen LogP contribution is -2.32. The molecule has 15 heavy (non-hydrogen) atoms. The summed E-state index contributed by atoms with van der Waals surface area (Å²) in [5.41, 5.74) is 0. The van der Waals surface area contributed by atoms with Crippen LogP contribution in [0.4, 0.5) is 0 Å². The predicted octanol–water partition coefficient (Wildman–Crippen LogP) is 0.400. The maximum Gasteiger partial charge on any atom is 0.0558 e. The number of unbranched alkanes of at least 4 members (excludes halogenated alkanes) is 1. The molecule has 0 unspecified atom stereocenters. The number of hydrogen-bond donors (Lipinski definition) is 1. The van der Waals surface area contributed by atoms with E-state index in [1.165, 1.54) is 13.0 Å². The summed E-state index contributed by atoms with van der Waals surface area (Å²) in [4.78, 5) is 4.82. The first kappa shape index (κ1) is 12.5. The van der Waals surface area contributed by atoms with Crippen LogP contribution in [0.1, 0.15) is 19.3 Å². The lowest BCUT2D eigenvalue weighted by Gasteiger charge is -2.20. The Hall–Kier alpha value is -0.560. The van der Waals surface area contributed by atoms with Crippen LogP contribution >= 0.6 is 0 Å². The summed E-state index contributed by atoms with van der Waals surface area (Å²) in [6, 6.07) is 0. The van der Waals surface area contributed by atoms with Gasteiger partial charge in [0.25, 0.3) is 0 Å². The zero-order valence-corrected chi connectivity index (χ0v) is 9.49. The Labute approximate surface area is 93.1 Å². The molecule has 3 heteroatoms. The third-order valence-corrected chi connectivity index (χ3v) is 2.89. The fourth-order valence-electron chi connectivity index (χ4n) is 2.02. The molecule has 1 aliphatic rings. The summed E-state index contributed by atoms with van der Waals surface area (Å²) in [6.45, 7) is 6.70. The number of aliphatic hydroxyl groups excluding tert-OH is 1. The minimum absolute atomic E-state index is 0.275. The Morgan fingerprint density at radius 2 is 1.73 bits per heavy atom. The van der Waals surface area contributed by atoms with Crippen molar-refractivity contribution in [3.05, 3.63) is 0 Å². The first-order valence-corrected chi connectivity index (χ1v) is 5.86. The first-order chi connectivity index (χ1) is 7.36. The van der Waals surface area contributed by atoms with Gasteiger partial charge in [0.15, 0.2) is 0 Å². The van der Waals surface area contributed by atoms with E-state index in [4.69, 9.17) is 11.5 Å². The molecular formula is C12H22N2O. The van der Waals surface area contributed by atoms with Crippen molar-refractivity contribution in [1.82, 2.24) is 9.80 Å². The molecule has 0 aromatic heterocycles. The third kappa shape index (κ3) is 5.17. The molecule has 1 heterocycles. The SMILES string of the molecule is C#CCCCN1CCCN(CCO)CC1. The zero-order chi connectivity index (χ0) is 10.9. The van der Waals surface area contributed by atoms with E-state index in [1.807, 2.05) is 0 Å². The molecule has 0 atom stereocenters. The summed E-state index contributed by atoms with van der Waals surface area (Å²) in [7, 11) is 0. The van der Waals surface area contributed by atoms with E-state index in [1.54, 1.807) is 0 Å². The van der Waals surface area contributed by atoms with E-state index in [9.17, 15) is 0 Å². The van der Waals surface area contributed by atoms with E-state index in [0.717, 1.165) is 45.6 Å². The van der Waals surface area contributed by atoms with Gasteiger partial charge in [-0.1, -0.05) is 0 Å². The number of nitrogens with zero attached hydrogens (tertiary/aromatic N) is 2. The molecule has 0 radical (unpaired) electrons. The van der Waals surface area contributed by atoms with Crippen LogP contribution in [0, 0.1) is 12.3 Å². The van der Waals surface area contributed by atoms with Crippen molar-refractivity contribution in [1.29, 1.82) is 0 Å². The molecule has 86 valence electrons. The Morgan fingerprint density at radius 1 is 1.07 bits per heavy atom. The summed E-state index contributed by atoms with van der Waals surface area (Å²) in [5.74, 6) is 2.68. The number of β-amino-alcohol motifs (C(OH)–C–C–N with tert-alkyl or cyclic N) is 1. The average Bonchev–Trinajstić information content (AvgIpc) is 2.45. The predicted molar refractivity (Wildman–Crippen MR) is 62.6 cm³/mol. The first-order valence-electron chi connectivity index (χ1n) is 5.86. The molecule has 0 bridgehead atoms. The van der Waals surface area contributed by atoms with Crippen molar-refractivity contribution in [2.75, 3.05) is 45.9 Å². The van der Waals surface area contributed by atoms with Gasteiger partial charge in [0.2, 0.25) is 0 Å². The lowest BCUT2D eigenvalue weighted by molar-refractivity contribution is 0.196. The van der Waals surface area contributed by atoms with Crippen LogP contribution in [-0.4, -0.2) is 60.8 Å². The van der Waals surface area contributed by atoms with E-state index in [2.05, 4.69) is 15.7 Å². The summed E-state index contributed by atoms with van der Waals surface area (Å²) in [6.07, 6.45) is 8.43. The second kappa shape index (κ2) is 7.70. The van der Waals surface area contributed by atoms with Crippen molar-refractivity contribution in [3.8, 4) is 12.3 Å². The molecule has 0 spiro atoms. The Bertz CT molecular complexity index is 200. The molecule has 1 saturated heterocycles. The maximum atomic E-state index is 8.87. The van der Waals surface area contributed by atoms with Crippen LogP contribution in [0.15, 0.2) is 0 Å². The Balaban J connectivity index is 2.18.